The van der Waals surface area contributed by atoms with Crippen LogP contribution in [0.15, 0.2) is 30.3 Å². The Hall–Kier alpha value is -1.35. The Kier molecular flexibility index (Phi) is 4.97. The first kappa shape index (κ1) is 14.1. The van der Waals surface area contributed by atoms with Gasteiger partial charge < -0.3 is 10.2 Å². The van der Waals surface area contributed by atoms with Crippen molar-refractivity contribution < 1.29 is 4.79 Å². The van der Waals surface area contributed by atoms with Crippen LogP contribution in [0.2, 0.25) is 0 Å². The number of amides is 1. The second-order valence-corrected chi connectivity index (χ2v) is 5.56. The third kappa shape index (κ3) is 4.06. The molecule has 1 heterocycles. The fourth-order valence-electron chi connectivity index (χ4n) is 2.78. The molecule has 1 aliphatic rings. The lowest BCUT2D eigenvalue weighted by atomic mass is 9.95. The lowest BCUT2D eigenvalue weighted by Crippen LogP contribution is -2.50. The van der Waals surface area contributed by atoms with Gasteiger partial charge in [-0.1, -0.05) is 44.2 Å². The highest BCUT2D eigenvalue weighted by Gasteiger charge is 2.26. The Morgan fingerprint density at radius 2 is 2.05 bits per heavy atom. The van der Waals surface area contributed by atoms with Crippen LogP contribution < -0.4 is 5.32 Å². The molecule has 0 radical (unpaired) electrons. The second kappa shape index (κ2) is 6.71. The van der Waals surface area contributed by atoms with E-state index >= 15 is 0 Å². The predicted molar refractivity (Wildman–Crippen MR) is 77.7 cm³/mol. The van der Waals surface area contributed by atoms with Gasteiger partial charge in [-0.05, 0) is 17.9 Å². The quantitative estimate of drug-likeness (QED) is 0.901. The van der Waals surface area contributed by atoms with Crippen LogP contribution in [0.3, 0.4) is 0 Å². The summed E-state index contributed by atoms with van der Waals surface area (Å²) in [5, 5.41) is 3.58. The fourth-order valence-corrected chi connectivity index (χ4v) is 2.78. The highest BCUT2D eigenvalue weighted by Crippen LogP contribution is 2.17. The molecule has 1 aliphatic heterocycles. The van der Waals surface area contributed by atoms with Crippen molar-refractivity contribution in [2.45, 2.75) is 39.3 Å². The van der Waals surface area contributed by atoms with Crippen molar-refractivity contribution in [3.63, 3.8) is 0 Å². The maximum Gasteiger partial charge on any atom is 0.222 e. The zero-order valence-corrected chi connectivity index (χ0v) is 11.9. The number of likely N-dealkylation sites (tertiary alicyclic amines) is 1. The van der Waals surface area contributed by atoms with Crippen molar-refractivity contribution in [3.8, 4) is 0 Å². The minimum absolute atomic E-state index is 0.276. The molecule has 0 spiro atoms. The number of benzene rings is 1. The van der Waals surface area contributed by atoms with Crippen LogP contribution in [-0.4, -0.2) is 29.9 Å². The molecular weight excluding hydrogens is 236 g/mol. The van der Waals surface area contributed by atoms with Crippen molar-refractivity contribution >= 4 is 5.91 Å². The summed E-state index contributed by atoms with van der Waals surface area (Å²) < 4.78 is 0. The molecule has 3 heteroatoms. The van der Waals surface area contributed by atoms with Gasteiger partial charge in [0.1, 0.15) is 0 Å². The van der Waals surface area contributed by atoms with Gasteiger partial charge in [-0.3, -0.25) is 4.79 Å². The zero-order chi connectivity index (χ0) is 13.7. The molecule has 1 saturated heterocycles. The summed E-state index contributed by atoms with van der Waals surface area (Å²) in [5.74, 6) is 0.857. The summed E-state index contributed by atoms with van der Waals surface area (Å²) in [6, 6.07) is 10.8. The van der Waals surface area contributed by atoms with Gasteiger partial charge in [-0.2, -0.15) is 0 Å². The van der Waals surface area contributed by atoms with E-state index in [2.05, 4.69) is 36.5 Å². The maximum atomic E-state index is 11.8. The van der Waals surface area contributed by atoms with Crippen molar-refractivity contribution in [1.29, 1.82) is 0 Å². The largest absolute Gasteiger partial charge is 0.341 e. The number of hydrogen-bond acceptors (Lipinski definition) is 2. The Morgan fingerprint density at radius 1 is 1.32 bits per heavy atom. The van der Waals surface area contributed by atoms with Gasteiger partial charge in [-0.25, -0.2) is 0 Å². The van der Waals surface area contributed by atoms with E-state index in [0.717, 1.165) is 26.1 Å². The molecule has 0 aliphatic carbocycles. The zero-order valence-electron chi connectivity index (χ0n) is 11.9. The smallest absolute Gasteiger partial charge is 0.222 e. The summed E-state index contributed by atoms with van der Waals surface area (Å²) in [6.07, 6.45) is 1.76. The minimum atomic E-state index is 0.276. The topological polar surface area (TPSA) is 32.3 Å². The lowest BCUT2D eigenvalue weighted by Gasteiger charge is -2.37. The molecule has 0 aromatic heterocycles. The number of nitrogens with one attached hydrogen (secondary N) is 1. The summed E-state index contributed by atoms with van der Waals surface area (Å²) in [4.78, 5) is 13.8. The van der Waals surface area contributed by atoms with Gasteiger partial charge in [0.15, 0.2) is 0 Å². The predicted octanol–water partition coefficient (Wildman–Crippen LogP) is 2.42. The van der Waals surface area contributed by atoms with Crippen molar-refractivity contribution in [3.05, 3.63) is 35.9 Å². The Morgan fingerprint density at radius 3 is 2.74 bits per heavy atom. The van der Waals surface area contributed by atoms with Crippen molar-refractivity contribution in [1.82, 2.24) is 10.2 Å². The van der Waals surface area contributed by atoms with Crippen LogP contribution in [0.5, 0.6) is 0 Å². The summed E-state index contributed by atoms with van der Waals surface area (Å²) in [6.45, 7) is 6.81. The van der Waals surface area contributed by atoms with Gasteiger partial charge in [0, 0.05) is 32.1 Å². The number of rotatable bonds is 4. The average Bonchev–Trinajstić information content (AvgIpc) is 2.45. The van der Waals surface area contributed by atoms with E-state index in [0.29, 0.717) is 18.4 Å². The van der Waals surface area contributed by atoms with Crippen molar-refractivity contribution in [2.24, 2.45) is 5.92 Å². The van der Waals surface area contributed by atoms with Gasteiger partial charge in [0.05, 0.1) is 0 Å². The number of piperidine rings is 1. The molecule has 0 bridgehead atoms. The highest BCUT2D eigenvalue weighted by atomic mass is 16.2. The summed E-state index contributed by atoms with van der Waals surface area (Å²) in [7, 11) is 0. The number of carbonyl (C=O) groups excluding carboxylic acids is 1. The van der Waals surface area contributed by atoms with Gasteiger partial charge in [-0.15, -0.1) is 0 Å². The second-order valence-electron chi connectivity index (χ2n) is 5.56. The molecular formula is C16H24N2O. The van der Waals surface area contributed by atoms with Crippen LogP contribution >= 0.6 is 0 Å². The molecule has 104 valence electrons. The molecule has 1 amide bonds. The van der Waals surface area contributed by atoms with Gasteiger partial charge >= 0.3 is 0 Å². The third-order valence-electron chi connectivity index (χ3n) is 3.75. The minimum Gasteiger partial charge on any atom is -0.341 e. The highest BCUT2D eigenvalue weighted by molar-refractivity contribution is 5.76. The van der Waals surface area contributed by atoms with E-state index in [1.807, 2.05) is 17.9 Å². The van der Waals surface area contributed by atoms with E-state index in [1.54, 1.807) is 0 Å². The van der Waals surface area contributed by atoms with Gasteiger partial charge in [0.2, 0.25) is 5.91 Å². The molecule has 1 fully saturated rings. The SMILES string of the molecule is CCC(=O)N1CC(C)CC(NCc2ccccc2)C1. The lowest BCUT2D eigenvalue weighted by molar-refractivity contribution is -0.133. The van der Waals surface area contributed by atoms with Crippen LogP contribution in [0.4, 0.5) is 0 Å². The number of nitrogens with zero attached hydrogens (tertiary/aromatic N) is 1. The van der Waals surface area contributed by atoms with E-state index in [1.165, 1.54) is 5.56 Å². The first-order chi connectivity index (χ1) is 9.19. The van der Waals surface area contributed by atoms with Crippen LogP contribution in [0.25, 0.3) is 0 Å². The summed E-state index contributed by atoms with van der Waals surface area (Å²) >= 11 is 0. The first-order valence-electron chi connectivity index (χ1n) is 7.24. The number of carbonyl (C=O) groups is 1. The fraction of sp³-hybridized carbons (Fsp3) is 0.562. The third-order valence-corrected chi connectivity index (χ3v) is 3.75. The molecule has 19 heavy (non-hydrogen) atoms. The van der Waals surface area contributed by atoms with E-state index in [4.69, 9.17) is 0 Å². The Balaban J connectivity index is 1.87. The van der Waals surface area contributed by atoms with Gasteiger partial charge in [0.25, 0.3) is 0 Å². The van der Waals surface area contributed by atoms with E-state index in [-0.39, 0.29) is 5.91 Å². The summed E-state index contributed by atoms with van der Waals surface area (Å²) in [5.41, 5.74) is 1.30. The van der Waals surface area contributed by atoms with Crippen LogP contribution in [0.1, 0.15) is 32.3 Å². The molecule has 1 N–H and O–H groups in total. The molecule has 2 rings (SSSR count). The Labute approximate surface area is 116 Å². The molecule has 2 atom stereocenters. The molecule has 2 unspecified atom stereocenters. The Bertz CT molecular complexity index is 404. The monoisotopic (exact) mass is 260 g/mol. The molecule has 1 aromatic rings. The molecule has 3 nitrogen and oxygen atoms in total. The average molecular weight is 260 g/mol. The van der Waals surface area contributed by atoms with E-state index in [9.17, 15) is 4.79 Å². The molecule has 0 saturated carbocycles. The van der Waals surface area contributed by atoms with E-state index < -0.39 is 0 Å². The standard InChI is InChI=1S/C16H24N2O/c1-3-16(19)18-11-13(2)9-15(12-18)17-10-14-7-5-4-6-8-14/h4-8,13,15,17H,3,9-12H2,1-2H3. The van der Waals surface area contributed by atoms with Crippen LogP contribution in [-0.2, 0) is 11.3 Å². The maximum absolute atomic E-state index is 11.8. The van der Waals surface area contributed by atoms with Crippen LogP contribution in [0, 0.1) is 5.92 Å². The normalized spacial score (nSPS) is 23.4. The molecule has 1 aromatic carbocycles. The number of hydrogen-bond donors (Lipinski definition) is 1. The van der Waals surface area contributed by atoms with Crippen molar-refractivity contribution in [2.75, 3.05) is 13.1 Å². The first-order valence-corrected chi connectivity index (χ1v) is 7.24.